The lowest BCUT2D eigenvalue weighted by Crippen LogP contribution is -2.41. The smallest absolute Gasteiger partial charge is 0.471 e. The fourth-order valence-electron chi connectivity index (χ4n) is 3.90. The maximum atomic E-state index is 13.4. The summed E-state index contributed by atoms with van der Waals surface area (Å²) in [6.07, 6.45) is 0.666. The summed E-state index contributed by atoms with van der Waals surface area (Å²) in [6, 6.07) is 22.1. The SMILES string of the molecule is O=C1/C=C\CCN(C(=O)C(F)(F)F)Cc2cc(OCc3ccccc3)c(OCc3ccccc3)cc2/C=C\1. The third kappa shape index (κ3) is 7.35. The summed E-state index contributed by atoms with van der Waals surface area (Å²) in [5, 5.41) is 0. The van der Waals surface area contributed by atoms with Gasteiger partial charge in [-0.15, -0.1) is 0 Å². The standard InChI is InChI=1S/C30H26F3NO4/c31-30(32,33)29(36)34-16-8-7-13-26(35)15-14-24-17-27(37-20-22-9-3-1-4-10-22)28(18-25(24)19-34)38-21-23-11-5-2-6-12-23/h1-7,9-15,17-18H,8,16,19-21H2/b13-7-,15-14-. The molecule has 1 aliphatic rings. The Labute approximate surface area is 218 Å². The van der Waals surface area contributed by atoms with Crippen molar-refractivity contribution in [3.8, 4) is 11.5 Å². The van der Waals surface area contributed by atoms with Gasteiger partial charge in [-0.2, -0.15) is 13.2 Å². The summed E-state index contributed by atoms with van der Waals surface area (Å²) in [7, 11) is 0. The van der Waals surface area contributed by atoms with Gasteiger partial charge >= 0.3 is 12.1 Å². The van der Waals surface area contributed by atoms with Gasteiger partial charge in [-0.1, -0.05) is 72.8 Å². The van der Waals surface area contributed by atoms with E-state index < -0.39 is 12.1 Å². The fraction of sp³-hybridized carbons (Fsp3) is 0.200. The Morgan fingerprint density at radius 1 is 0.816 bits per heavy atom. The minimum Gasteiger partial charge on any atom is -0.485 e. The zero-order chi connectivity index (χ0) is 27.0. The minimum atomic E-state index is -5.03. The van der Waals surface area contributed by atoms with Crippen LogP contribution in [0.5, 0.6) is 11.5 Å². The van der Waals surface area contributed by atoms with E-state index in [-0.39, 0.29) is 38.5 Å². The van der Waals surface area contributed by atoms with Crippen molar-refractivity contribution in [3.05, 3.63) is 113 Å². The average molecular weight is 522 g/mol. The summed E-state index contributed by atoms with van der Waals surface area (Å²) in [4.78, 5) is 25.2. The molecule has 1 aliphatic heterocycles. The highest BCUT2D eigenvalue weighted by molar-refractivity contribution is 6.02. The second-order valence-corrected chi connectivity index (χ2v) is 8.70. The number of alkyl halides is 3. The third-order valence-corrected chi connectivity index (χ3v) is 5.85. The lowest BCUT2D eigenvalue weighted by Gasteiger charge is -2.25. The highest BCUT2D eigenvalue weighted by atomic mass is 19.4. The Balaban J connectivity index is 1.73. The van der Waals surface area contributed by atoms with Gasteiger partial charge in [-0.05, 0) is 53.0 Å². The van der Waals surface area contributed by atoms with Crippen molar-refractivity contribution >= 4 is 17.8 Å². The molecule has 3 aromatic rings. The topological polar surface area (TPSA) is 55.8 Å². The van der Waals surface area contributed by atoms with Crippen molar-refractivity contribution in [2.24, 2.45) is 0 Å². The molecule has 0 atom stereocenters. The number of benzene rings is 3. The fourth-order valence-corrected chi connectivity index (χ4v) is 3.90. The molecule has 0 radical (unpaired) electrons. The second-order valence-electron chi connectivity index (χ2n) is 8.70. The number of hydrogen-bond donors (Lipinski definition) is 0. The zero-order valence-corrected chi connectivity index (χ0v) is 20.5. The normalized spacial score (nSPS) is 15.7. The molecule has 38 heavy (non-hydrogen) atoms. The maximum absolute atomic E-state index is 13.4. The highest BCUT2D eigenvalue weighted by Gasteiger charge is 2.42. The number of rotatable bonds is 6. The van der Waals surface area contributed by atoms with Crippen LogP contribution in [0.4, 0.5) is 13.2 Å². The first-order chi connectivity index (χ1) is 18.3. The van der Waals surface area contributed by atoms with Gasteiger partial charge in [0.05, 0.1) is 0 Å². The first-order valence-electron chi connectivity index (χ1n) is 12.0. The van der Waals surface area contributed by atoms with Crippen molar-refractivity contribution in [3.63, 3.8) is 0 Å². The van der Waals surface area contributed by atoms with Crippen LogP contribution in [0.15, 0.2) is 91.0 Å². The highest BCUT2D eigenvalue weighted by Crippen LogP contribution is 2.34. The third-order valence-electron chi connectivity index (χ3n) is 5.85. The number of carbonyl (C=O) groups is 2. The molecule has 1 heterocycles. The second kappa shape index (κ2) is 12.3. The van der Waals surface area contributed by atoms with Gasteiger partial charge in [0, 0.05) is 13.1 Å². The summed E-state index contributed by atoms with van der Waals surface area (Å²) < 4.78 is 52.2. The molecular weight excluding hydrogens is 495 g/mol. The van der Waals surface area contributed by atoms with Crippen LogP contribution < -0.4 is 9.47 Å². The lowest BCUT2D eigenvalue weighted by atomic mass is 10.0. The van der Waals surface area contributed by atoms with Gasteiger partial charge in [0.15, 0.2) is 17.3 Å². The summed E-state index contributed by atoms with van der Waals surface area (Å²) in [5.74, 6) is -1.58. The van der Waals surface area contributed by atoms with Gasteiger partial charge in [0.1, 0.15) is 13.2 Å². The Kier molecular flexibility index (Phi) is 8.63. The van der Waals surface area contributed by atoms with Crippen molar-refractivity contribution in [2.45, 2.75) is 32.4 Å². The first kappa shape index (κ1) is 26.7. The maximum Gasteiger partial charge on any atom is 0.471 e. The Hall–Kier alpha value is -4.33. The van der Waals surface area contributed by atoms with Crippen LogP contribution in [0.2, 0.25) is 0 Å². The predicted molar refractivity (Wildman–Crippen MR) is 137 cm³/mol. The molecule has 0 bridgehead atoms. The number of halogens is 3. The quantitative estimate of drug-likeness (QED) is 0.383. The Morgan fingerprint density at radius 2 is 1.39 bits per heavy atom. The average Bonchev–Trinajstić information content (AvgIpc) is 2.95. The molecule has 5 nitrogen and oxygen atoms in total. The van der Waals surface area contributed by atoms with Crippen molar-refractivity contribution in [1.82, 2.24) is 4.90 Å². The molecule has 3 aromatic carbocycles. The van der Waals surface area contributed by atoms with Gasteiger partial charge in [-0.3, -0.25) is 9.59 Å². The first-order valence-corrected chi connectivity index (χ1v) is 12.0. The van der Waals surface area contributed by atoms with E-state index >= 15 is 0 Å². The molecule has 0 spiro atoms. The van der Waals surface area contributed by atoms with E-state index in [0.29, 0.717) is 22.6 Å². The van der Waals surface area contributed by atoms with Gasteiger partial charge in [0.25, 0.3) is 0 Å². The number of nitrogens with zero attached hydrogens (tertiary/aromatic N) is 1. The summed E-state index contributed by atoms with van der Waals surface area (Å²) in [5.41, 5.74) is 2.65. The van der Waals surface area contributed by atoms with Gasteiger partial charge in [-0.25, -0.2) is 0 Å². The number of allylic oxidation sites excluding steroid dienone is 2. The molecular formula is C30H26F3NO4. The molecule has 0 N–H and O–H groups in total. The van der Waals surface area contributed by atoms with Gasteiger partial charge < -0.3 is 14.4 Å². The Bertz CT molecular complexity index is 1320. The summed E-state index contributed by atoms with van der Waals surface area (Å²) in [6.45, 7) is -0.0924. The van der Waals surface area contributed by atoms with E-state index in [2.05, 4.69) is 0 Å². The lowest BCUT2D eigenvalue weighted by molar-refractivity contribution is -0.186. The molecule has 0 saturated carbocycles. The number of ketones is 1. The number of ether oxygens (including phenoxy) is 2. The van der Waals surface area contributed by atoms with E-state index in [4.69, 9.17) is 9.47 Å². The van der Waals surface area contributed by atoms with Gasteiger partial charge in [0.2, 0.25) is 0 Å². The van der Waals surface area contributed by atoms with Crippen molar-refractivity contribution < 1.29 is 32.2 Å². The van der Waals surface area contributed by atoms with E-state index in [1.165, 1.54) is 24.3 Å². The molecule has 0 aromatic heterocycles. The van der Waals surface area contributed by atoms with Crippen LogP contribution >= 0.6 is 0 Å². The van der Waals surface area contributed by atoms with Crippen LogP contribution in [-0.4, -0.2) is 29.3 Å². The van der Waals surface area contributed by atoms with Crippen LogP contribution in [0.1, 0.15) is 28.7 Å². The van der Waals surface area contributed by atoms with E-state index in [9.17, 15) is 22.8 Å². The Morgan fingerprint density at radius 3 is 1.97 bits per heavy atom. The predicted octanol–water partition coefficient (Wildman–Crippen LogP) is 6.28. The molecule has 0 fully saturated rings. The number of fused-ring (bicyclic) bond motifs is 1. The van der Waals surface area contributed by atoms with E-state index in [0.717, 1.165) is 16.0 Å². The van der Waals surface area contributed by atoms with Crippen LogP contribution in [0, 0.1) is 0 Å². The minimum absolute atomic E-state index is 0.104. The number of carbonyl (C=O) groups excluding carboxylic acids is 2. The van der Waals surface area contributed by atoms with Crippen LogP contribution in [0.25, 0.3) is 6.08 Å². The molecule has 0 unspecified atom stereocenters. The largest absolute Gasteiger partial charge is 0.485 e. The number of hydrogen-bond acceptors (Lipinski definition) is 4. The molecule has 1 amide bonds. The van der Waals surface area contributed by atoms with E-state index in [1.807, 2.05) is 60.7 Å². The molecule has 4 rings (SSSR count). The molecule has 196 valence electrons. The number of amides is 1. The molecule has 0 aliphatic carbocycles. The van der Waals surface area contributed by atoms with E-state index in [1.54, 1.807) is 12.1 Å². The molecule has 0 saturated heterocycles. The molecule has 8 heteroatoms. The van der Waals surface area contributed by atoms with Crippen LogP contribution in [-0.2, 0) is 29.3 Å². The van der Waals surface area contributed by atoms with Crippen molar-refractivity contribution in [2.75, 3.05) is 6.54 Å². The van der Waals surface area contributed by atoms with Crippen molar-refractivity contribution in [1.29, 1.82) is 0 Å². The van der Waals surface area contributed by atoms with Crippen LogP contribution in [0.3, 0.4) is 0 Å². The monoisotopic (exact) mass is 521 g/mol. The zero-order valence-electron chi connectivity index (χ0n) is 20.5. The summed E-state index contributed by atoms with van der Waals surface area (Å²) >= 11 is 0.